The summed E-state index contributed by atoms with van der Waals surface area (Å²) in [5.41, 5.74) is 1.74. The number of likely N-dealkylation sites (tertiary alicyclic amines) is 1. The summed E-state index contributed by atoms with van der Waals surface area (Å²) in [6.45, 7) is 3.45. The molecule has 3 nitrogen and oxygen atoms in total. The highest BCUT2D eigenvalue weighted by Gasteiger charge is 2.15. The van der Waals surface area contributed by atoms with Crippen LogP contribution in [0.3, 0.4) is 0 Å². The lowest BCUT2D eigenvalue weighted by Crippen LogP contribution is -2.33. The Balaban J connectivity index is 1.79. The number of nitrogens with zero attached hydrogens (tertiary/aromatic N) is 2. The standard InChI is InChI=1S/C12H18BN3/c1-16-4-2-10(3-5-16)7-15-12-6-11(13)8-14-9-12/h6,8-10,15H,2-5,7H2,1H3. The van der Waals surface area contributed by atoms with Gasteiger partial charge in [-0.05, 0) is 45.0 Å². The molecule has 0 atom stereocenters. The normalized spacial score (nSPS) is 18.6. The fraction of sp³-hybridized carbons (Fsp3) is 0.583. The van der Waals surface area contributed by atoms with Crippen LogP contribution in [-0.4, -0.2) is 44.4 Å². The van der Waals surface area contributed by atoms with Gasteiger partial charge in [0, 0.05) is 18.9 Å². The molecule has 0 aromatic carbocycles. The molecule has 0 bridgehead atoms. The maximum atomic E-state index is 5.68. The van der Waals surface area contributed by atoms with E-state index in [2.05, 4.69) is 22.2 Å². The van der Waals surface area contributed by atoms with Crippen LogP contribution in [0.25, 0.3) is 0 Å². The smallest absolute Gasteiger partial charge is 0.116 e. The summed E-state index contributed by atoms with van der Waals surface area (Å²) in [5.74, 6) is 0.776. The molecule has 0 unspecified atom stereocenters. The molecule has 2 radical (unpaired) electrons. The van der Waals surface area contributed by atoms with Gasteiger partial charge in [0.2, 0.25) is 0 Å². The fourth-order valence-corrected chi connectivity index (χ4v) is 2.08. The van der Waals surface area contributed by atoms with Gasteiger partial charge in [-0.1, -0.05) is 5.46 Å². The summed E-state index contributed by atoms with van der Waals surface area (Å²) in [6, 6.07) is 1.93. The van der Waals surface area contributed by atoms with Crippen LogP contribution in [0.1, 0.15) is 12.8 Å². The Kier molecular flexibility index (Phi) is 3.83. The first-order chi connectivity index (χ1) is 7.74. The molecule has 16 heavy (non-hydrogen) atoms. The Morgan fingerprint density at radius 3 is 2.88 bits per heavy atom. The minimum absolute atomic E-state index is 0.716. The SMILES string of the molecule is [B]c1cncc(NCC2CCN(C)CC2)c1. The third-order valence-corrected chi connectivity index (χ3v) is 3.19. The summed E-state index contributed by atoms with van der Waals surface area (Å²) in [4.78, 5) is 6.45. The number of anilines is 1. The van der Waals surface area contributed by atoms with Crippen molar-refractivity contribution < 1.29 is 0 Å². The molecule has 0 saturated carbocycles. The highest BCUT2D eigenvalue weighted by atomic mass is 15.1. The van der Waals surface area contributed by atoms with Crippen molar-refractivity contribution in [2.24, 2.45) is 5.92 Å². The molecule has 0 aliphatic carbocycles. The zero-order valence-corrected chi connectivity index (χ0v) is 9.82. The minimum Gasteiger partial charge on any atom is -0.384 e. The molecule has 1 aliphatic heterocycles. The van der Waals surface area contributed by atoms with Gasteiger partial charge in [-0.2, -0.15) is 0 Å². The van der Waals surface area contributed by atoms with Crippen molar-refractivity contribution in [2.45, 2.75) is 12.8 Å². The fourth-order valence-electron chi connectivity index (χ4n) is 2.08. The monoisotopic (exact) mass is 215 g/mol. The number of pyridine rings is 1. The van der Waals surface area contributed by atoms with E-state index in [4.69, 9.17) is 7.85 Å². The quantitative estimate of drug-likeness (QED) is 0.749. The van der Waals surface area contributed by atoms with Gasteiger partial charge >= 0.3 is 0 Å². The van der Waals surface area contributed by atoms with Crippen molar-refractivity contribution in [3.63, 3.8) is 0 Å². The number of rotatable bonds is 3. The summed E-state index contributed by atoms with van der Waals surface area (Å²) in [6.07, 6.45) is 6.05. The summed E-state index contributed by atoms with van der Waals surface area (Å²) < 4.78 is 0. The Bertz CT molecular complexity index is 335. The third-order valence-electron chi connectivity index (χ3n) is 3.19. The largest absolute Gasteiger partial charge is 0.384 e. The minimum atomic E-state index is 0.716. The molecule has 0 amide bonds. The molecule has 1 saturated heterocycles. The number of nitrogens with one attached hydrogen (secondary N) is 1. The van der Waals surface area contributed by atoms with E-state index in [0.29, 0.717) is 5.46 Å². The van der Waals surface area contributed by atoms with Gasteiger partial charge < -0.3 is 10.2 Å². The van der Waals surface area contributed by atoms with Crippen molar-refractivity contribution in [2.75, 3.05) is 32.0 Å². The van der Waals surface area contributed by atoms with Crippen LogP contribution in [-0.2, 0) is 0 Å². The van der Waals surface area contributed by atoms with Crippen LogP contribution in [0.4, 0.5) is 5.69 Å². The van der Waals surface area contributed by atoms with Crippen LogP contribution in [0, 0.1) is 5.92 Å². The lowest BCUT2D eigenvalue weighted by molar-refractivity contribution is 0.226. The topological polar surface area (TPSA) is 28.2 Å². The van der Waals surface area contributed by atoms with E-state index in [0.717, 1.165) is 18.2 Å². The number of piperidine rings is 1. The highest BCUT2D eigenvalue weighted by molar-refractivity contribution is 6.32. The molecule has 1 aromatic heterocycles. The maximum absolute atomic E-state index is 5.68. The van der Waals surface area contributed by atoms with Crippen LogP contribution in [0.15, 0.2) is 18.5 Å². The zero-order chi connectivity index (χ0) is 11.4. The Labute approximate surface area is 98.7 Å². The molecule has 1 N–H and O–H groups in total. The third kappa shape index (κ3) is 3.24. The van der Waals surface area contributed by atoms with Gasteiger partial charge in [-0.15, -0.1) is 0 Å². The van der Waals surface area contributed by atoms with E-state index in [9.17, 15) is 0 Å². The average Bonchev–Trinajstić information content (AvgIpc) is 2.28. The van der Waals surface area contributed by atoms with Crippen molar-refractivity contribution in [3.8, 4) is 0 Å². The molecule has 4 heteroatoms. The van der Waals surface area contributed by atoms with Gasteiger partial charge in [0.25, 0.3) is 0 Å². The first-order valence-corrected chi connectivity index (χ1v) is 5.87. The van der Waals surface area contributed by atoms with Gasteiger partial charge in [0.05, 0.1) is 5.69 Å². The maximum Gasteiger partial charge on any atom is 0.116 e. The van der Waals surface area contributed by atoms with E-state index in [1.165, 1.54) is 25.9 Å². The van der Waals surface area contributed by atoms with E-state index in [1.54, 1.807) is 6.20 Å². The Morgan fingerprint density at radius 1 is 1.44 bits per heavy atom. The van der Waals surface area contributed by atoms with Crippen molar-refractivity contribution in [1.29, 1.82) is 0 Å². The molecule has 2 rings (SSSR count). The lowest BCUT2D eigenvalue weighted by Gasteiger charge is -2.29. The van der Waals surface area contributed by atoms with E-state index in [1.807, 2.05) is 12.3 Å². The lowest BCUT2D eigenvalue weighted by atomic mass is 9.96. The predicted octanol–water partition coefficient (Wildman–Crippen LogP) is 0.629. The van der Waals surface area contributed by atoms with E-state index >= 15 is 0 Å². The number of hydrogen-bond donors (Lipinski definition) is 1. The van der Waals surface area contributed by atoms with Crippen molar-refractivity contribution in [1.82, 2.24) is 9.88 Å². The van der Waals surface area contributed by atoms with Crippen LogP contribution in [0.5, 0.6) is 0 Å². The van der Waals surface area contributed by atoms with Crippen LogP contribution >= 0.6 is 0 Å². The summed E-state index contributed by atoms with van der Waals surface area (Å²) in [7, 11) is 7.86. The molecule has 2 heterocycles. The van der Waals surface area contributed by atoms with Gasteiger partial charge in [0.15, 0.2) is 0 Å². The molecule has 1 aliphatic rings. The predicted molar refractivity (Wildman–Crippen MR) is 68.3 cm³/mol. The second-order valence-electron chi connectivity index (χ2n) is 4.63. The average molecular weight is 215 g/mol. The van der Waals surface area contributed by atoms with Crippen LogP contribution < -0.4 is 10.8 Å². The van der Waals surface area contributed by atoms with E-state index < -0.39 is 0 Å². The Morgan fingerprint density at radius 2 is 2.19 bits per heavy atom. The summed E-state index contributed by atoms with van der Waals surface area (Å²) >= 11 is 0. The molecular formula is C12H18BN3. The van der Waals surface area contributed by atoms with Gasteiger partial charge in [0.1, 0.15) is 7.85 Å². The number of aromatic nitrogens is 1. The van der Waals surface area contributed by atoms with E-state index in [-0.39, 0.29) is 0 Å². The second kappa shape index (κ2) is 5.35. The Hall–Kier alpha value is -1.03. The van der Waals surface area contributed by atoms with Crippen molar-refractivity contribution >= 4 is 19.0 Å². The first-order valence-electron chi connectivity index (χ1n) is 5.87. The van der Waals surface area contributed by atoms with Gasteiger partial charge in [-0.3, -0.25) is 4.98 Å². The highest BCUT2D eigenvalue weighted by Crippen LogP contribution is 2.16. The zero-order valence-electron chi connectivity index (χ0n) is 9.82. The second-order valence-corrected chi connectivity index (χ2v) is 4.63. The van der Waals surface area contributed by atoms with Crippen LogP contribution in [0.2, 0.25) is 0 Å². The molecule has 1 aromatic rings. The van der Waals surface area contributed by atoms with Crippen molar-refractivity contribution in [3.05, 3.63) is 18.5 Å². The number of hydrogen-bond acceptors (Lipinski definition) is 3. The summed E-state index contributed by atoms with van der Waals surface area (Å²) in [5, 5.41) is 3.41. The van der Waals surface area contributed by atoms with Gasteiger partial charge in [-0.25, -0.2) is 0 Å². The molecule has 1 fully saturated rings. The molecule has 84 valence electrons. The molecule has 0 spiro atoms. The first kappa shape index (κ1) is 11.5. The molecular weight excluding hydrogens is 197 g/mol.